The van der Waals surface area contributed by atoms with Crippen LogP contribution < -0.4 is 16.6 Å². The molecule has 98 valence electrons. The van der Waals surface area contributed by atoms with E-state index in [9.17, 15) is 0 Å². The molecule has 2 aliphatic rings. The Hall–Kier alpha value is -0.770. The van der Waals surface area contributed by atoms with E-state index >= 15 is 0 Å². The minimum Gasteiger partial charge on any atom is -0.353 e. The summed E-state index contributed by atoms with van der Waals surface area (Å²) in [5.74, 6) is 7.03. The van der Waals surface area contributed by atoms with Gasteiger partial charge in [-0.15, -0.1) is 0 Å². The van der Waals surface area contributed by atoms with Crippen LogP contribution in [-0.2, 0) is 0 Å². The first-order valence-electron chi connectivity index (χ1n) is 6.94. The Morgan fingerprint density at radius 3 is 2.47 bits per heavy atom. The first-order valence-corrected chi connectivity index (χ1v) is 6.94. The number of nitrogens with two attached hydrogens (primary N) is 1. The monoisotopic (exact) mass is 238 g/mol. The van der Waals surface area contributed by atoms with Crippen LogP contribution in [0.1, 0.15) is 52.4 Å². The summed E-state index contributed by atoms with van der Waals surface area (Å²) in [5.41, 5.74) is 3.16. The Morgan fingerprint density at radius 1 is 1.35 bits per heavy atom. The Labute approximate surface area is 104 Å². The van der Waals surface area contributed by atoms with E-state index in [1.807, 2.05) is 0 Å². The third-order valence-corrected chi connectivity index (χ3v) is 4.50. The smallest absolute Gasteiger partial charge is 0.205 e. The van der Waals surface area contributed by atoms with Gasteiger partial charge in [0.1, 0.15) is 0 Å². The quantitative estimate of drug-likeness (QED) is 0.303. The third-order valence-electron chi connectivity index (χ3n) is 4.50. The topological polar surface area (TPSA) is 62.4 Å². The van der Waals surface area contributed by atoms with Gasteiger partial charge in [0.25, 0.3) is 0 Å². The summed E-state index contributed by atoms with van der Waals surface area (Å²) in [4.78, 5) is 4.63. The van der Waals surface area contributed by atoms with E-state index in [0.29, 0.717) is 11.5 Å². The molecular weight excluding hydrogens is 212 g/mol. The van der Waals surface area contributed by atoms with Crippen LogP contribution in [0.4, 0.5) is 0 Å². The molecule has 2 aliphatic carbocycles. The van der Waals surface area contributed by atoms with Crippen molar-refractivity contribution < 1.29 is 0 Å². The average Bonchev–Trinajstić information content (AvgIpc) is 2.95. The normalized spacial score (nSPS) is 24.1. The van der Waals surface area contributed by atoms with Crippen molar-refractivity contribution in [3.8, 4) is 0 Å². The molecule has 0 bridgehead atoms. The molecular formula is C13H26N4. The maximum absolute atomic E-state index is 5.53. The first kappa shape index (κ1) is 12.7. The molecule has 0 aliphatic heterocycles. The number of nitrogens with one attached hydrogen (secondary N) is 2. The molecule has 0 saturated heterocycles. The summed E-state index contributed by atoms with van der Waals surface area (Å²) < 4.78 is 0. The molecule has 17 heavy (non-hydrogen) atoms. The van der Waals surface area contributed by atoms with Gasteiger partial charge in [-0.2, -0.15) is 0 Å². The van der Waals surface area contributed by atoms with Crippen molar-refractivity contribution in [3.63, 3.8) is 0 Å². The largest absolute Gasteiger partial charge is 0.353 e. The van der Waals surface area contributed by atoms with Crippen LogP contribution in [0.15, 0.2) is 4.99 Å². The summed E-state index contributed by atoms with van der Waals surface area (Å²) in [6.45, 7) is 5.49. The number of hydrazine groups is 1. The van der Waals surface area contributed by atoms with Crippen molar-refractivity contribution in [2.24, 2.45) is 22.2 Å². The molecule has 0 aromatic heterocycles. The SMILES string of the molecule is CC(C)C1(CN=C(NN)NC2CCCC2)CC1. The summed E-state index contributed by atoms with van der Waals surface area (Å²) in [6, 6.07) is 0.569. The van der Waals surface area contributed by atoms with E-state index in [0.717, 1.165) is 18.4 Å². The molecule has 4 N–H and O–H groups in total. The molecule has 0 aromatic rings. The van der Waals surface area contributed by atoms with E-state index in [-0.39, 0.29) is 0 Å². The van der Waals surface area contributed by atoms with Crippen LogP contribution in [0, 0.1) is 11.3 Å². The highest BCUT2D eigenvalue weighted by molar-refractivity contribution is 5.79. The molecule has 0 heterocycles. The van der Waals surface area contributed by atoms with Gasteiger partial charge in [0.15, 0.2) is 0 Å². The summed E-state index contributed by atoms with van der Waals surface area (Å²) >= 11 is 0. The number of nitrogens with zero attached hydrogens (tertiary/aromatic N) is 1. The lowest BCUT2D eigenvalue weighted by molar-refractivity contribution is 0.370. The van der Waals surface area contributed by atoms with Gasteiger partial charge >= 0.3 is 0 Å². The lowest BCUT2D eigenvalue weighted by atomic mass is 9.93. The van der Waals surface area contributed by atoms with Gasteiger partial charge in [-0.25, -0.2) is 5.84 Å². The fraction of sp³-hybridized carbons (Fsp3) is 0.923. The van der Waals surface area contributed by atoms with Crippen LogP contribution in [0.5, 0.6) is 0 Å². The second-order valence-corrected chi connectivity index (χ2v) is 5.95. The van der Waals surface area contributed by atoms with Crippen molar-refractivity contribution in [1.29, 1.82) is 0 Å². The van der Waals surface area contributed by atoms with Crippen LogP contribution in [0.25, 0.3) is 0 Å². The van der Waals surface area contributed by atoms with Crippen molar-refractivity contribution >= 4 is 5.96 Å². The van der Waals surface area contributed by atoms with Crippen LogP contribution in [0.2, 0.25) is 0 Å². The van der Waals surface area contributed by atoms with Crippen molar-refractivity contribution in [2.75, 3.05) is 6.54 Å². The highest BCUT2D eigenvalue weighted by Crippen LogP contribution is 2.51. The number of rotatable bonds is 4. The standard InChI is InChI=1S/C13H26N4/c1-10(2)13(7-8-13)9-15-12(17-14)16-11-5-3-4-6-11/h10-11H,3-9,14H2,1-2H3,(H2,15,16,17). The average molecular weight is 238 g/mol. The lowest BCUT2D eigenvalue weighted by Crippen LogP contribution is -2.46. The maximum Gasteiger partial charge on any atom is 0.205 e. The zero-order valence-electron chi connectivity index (χ0n) is 11.1. The van der Waals surface area contributed by atoms with Gasteiger partial charge in [-0.05, 0) is 37.0 Å². The van der Waals surface area contributed by atoms with E-state index in [4.69, 9.17) is 5.84 Å². The summed E-state index contributed by atoms with van der Waals surface area (Å²) in [5, 5.41) is 3.42. The summed E-state index contributed by atoms with van der Waals surface area (Å²) in [7, 11) is 0. The van der Waals surface area contributed by atoms with E-state index in [1.165, 1.54) is 38.5 Å². The zero-order valence-corrected chi connectivity index (χ0v) is 11.1. The highest BCUT2D eigenvalue weighted by Gasteiger charge is 2.45. The molecule has 2 rings (SSSR count). The minimum absolute atomic E-state index is 0.458. The molecule has 2 saturated carbocycles. The number of hydrogen-bond acceptors (Lipinski definition) is 2. The van der Waals surface area contributed by atoms with Gasteiger partial charge in [-0.1, -0.05) is 26.7 Å². The fourth-order valence-corrected chi connectivity index (χ4v) is 2.71. The van der Waals surface area contributed by atoms with Crippen molar-refractivity contribution in [2.45, 2.75) is 58.4 Å². The Bertz CT molecular complexity index is 275. The number of guanidine groups is 1. The lowest BCUT2D eigenvalue weighted by Gasteiger charge is -2.19. The molecule has 0 atom stereocenters. The molecule has 4 nitrogen and oxygen atoms in total. The maximum atomic E-state index is 5.53. The second-order valence-electron chi connectivity index (χ2n) is 5.95. The Balaban J connectivity index is 1.84. The molecule has 0 amide bonds. The molecule has 4 heteroatoms. The van der Waals surface area contributed by atoms with Crippen molar-refractivity contribution in [3.05, 3.63) is 0 Å². The zero-order chi connectivity index (χ0) is 12.3. The number of hydrogen-bond donors (Lipinski definition) is 3. The van der Waals surface area contributed by atoms with Crippen LogP contribution in [-0.4, -0.2) is 18.5 Å². The highest BCUT2D eigenvalue weighted by atomic mass is 15.3. The van der Waals surface area contributed by atoms with Gasteiger partial charge in [0.2, 0.25) is 5.96 Å². The van der Waals surface area contributed by atoms with E-state index in [1.54, 1.807) is 0 Å². The predicted octanol–water partition coefficient (Wildman–Crippen LogP) is 1.77. The summed E-state index contributed by atoms with van der Waals surface area (Å²) in [6.07, 6.45) is 7.77. The van der Waals surface area contributed by atoms with E-state index in [2.05, 4.69) is 29.6 Å². The molecule has 0 unspecified atom stereocenters. The van der Waals surface area contributed by atoms with Gasteiger partial charge in [-0.3, -0.25) is 10.4 Å². The molecule has 0 radical (unpaired) electrons. The molecule has 0 aromatic carbocycles. The van der Waals surface area contributed by atoms with Gasteiger partial charge in [0.05, 0.1) is 0 Å². The molecule has 0 spiro atoms. The fourth-order valence-electron chi connectivity index (χ4n) is 2.71. The Morgan fingerprint density at radius 2 is 2.00 bits per heavy atom. The van der Waals surface area contributed by atoms with Gasteiger partial charge < -0.3 is 5.32 Å². The predicted molar refractivity (Wildman–Crippen MR) is 71.5 cm³/mol. The Kier molecular flexibility index (Phi) is 3.92. The van der Waals surface area contributed by atoms with E-state index < -0.39 is 0 Å². The van der Waals surface area contributed by atoms with Gasteiger partial charge in [0, 0.05) is 12.6 Å². The minimum atomic E-state index is 0.458. The second kappa shape index (κ2) is 5.25. The third kappa shape index (κ3) is 3.12. The first-order chi connectivity index (χ1) is 8.16. The van der Waals surface area contributed by atoms with Crippen molar-refractivity contribution in [1.82, 2.24) is 10.7 Å². The van der Waals surface area contributed by atoms with Crippen LogP contribution in [0.3, 0.4) is 0 Å². The number of aliphatic imine (C=N–C) groups is 1. The van der Waals surface area contributed by atoms with Crippen LogP contribution >= 0.6 is 0 Å². The molecule has 2 fully saturated rings.